The second-order valence-corrected chi connectivity index (χ2v) is 10.3. The first-order valence-corrected chi connectivity index (χ1v) is 13.8. The summed E-state index contributed by atoms with van der Waals surface area (Å²) in [5.41, 5.74) is 5.98. The van der Waals surface area contributed by atoms with Crippen LogP contribution in [0.2, 0.25) is 0 Å². The standard InChI is InChI=1S/C34H34FN3O3/c1-23-7-6-8-24(2)32(23)36-34(40)33(26-11-17-29(41-3)18-12-26)38(28-15-13-27(35)14-16-28)31(39)20-22-37-21-19-25-9-4-5-10-30(25)37/h4-18,33H,19-22H2,1-3H3,(H,36,40)/t33-/m1/s1. The molecule has 0 aliphatic carbocycles. The number of anilines is 3. The molecule has 1 heterocycles. The van der Waals surface area contributed by atoms with Crippen LogP contribution in [0.3, 0.4) is 0 Å². The van der Waals surface area contributed by atoms with Gasteiger partial charge in [-0.2, -0.15) is 0 Å². The third kappa shape index (κ3) is 6.09. The Balaban J connectivity index is 1.52. The van der Waals surface area contributed by atoms with E-state index in [9.17, 15) is 14.0 Å². The number of amides is 2. The van der Waals surface area contributed by atoms with E-state index in [2.05, 4.69) is 22.3 Å². The number of nitrogens with zero attached hydrogens (tertiary/aromatic N) is 2. The maximum absolute atomic E-state index is 14.2. The lowest BCUT2D eigenvalue weighted by molar-refractivity contribution is -0.123. The Kier molecular flexibility index (Phi) is 8.34. The van der Waals surface area contributed by atoms with E-state index >= 15 is 0 Å². The molecule has 0 spiro atoms. The molecule has 5 rings (SSSR count). The van der Waals surface area contributed by atoms with Crippen LogP contribution in [0.25, 0.3) is 0 Å². The third-order valence-corrected chi connectivity index (χ3v) is 7.62. The van der Waals surface area contributed by atoms with Gasteiger partial charge < -0.3 is 15.0 Å². The summed E-state index contributed by atoms with van der Waals surface area (Å²) < 4.78 is 19.3. The van der Waals surface area contributed by atoms with Crippen LogP contribution in [-0.4, -0.2) is 32.0 Å². The first-order valence-electron chi connectivity index (χ1n) is 13.8. The fourth-order valence-electron chi connectivity index (χ4n) is 5.44. The molecule has 1 atom stereocenters. The molecule has 4 aromatic rings. The first kappa shape index (κ1) is 27.9. The van der Waals surface area contributed by atoms with Crippen molar-refractivity contribution in [3.8, 4) is 5.75 Å². The van der Waals surface area contributed by atoms with Crippen LogP contribution < -0.4 is 19.9 Å². The van der Waals surface area contributed by atoms with Gasteiger partial charge in [0.15, 0.2) is 0 Å². The number of halogens is 1. The van der Waals surface area contributed by atoms with E-state index in [1.54, 1.807) is 43.5 Å². The van der Waals surface area contributed by atoms with E-state index < -0.39 is 11.9 Å². The predicted molar refractivity (Wildman–Crippen MR) is 161 cm³/mol. The Hall–Kier alpha value is -4.65. The lowest BCUT2D eigenvalue weighted by Gasteiger charge is -2.32. The van der Waals surface area contributed by atoms with Crippen LogP contribution in [0.4, 0.5) is 21.5 Å². The Bertz CT molecular complexity index is 1520. The molecule has 0 fully saturated rings. The van der Waals surface area contributed by atoms with Crippen molar-refractivity contribution in [2.75, 3.05) is 35.3 Å². The van der Waals surface area contributed by atoms with E-state index in [1.165, 1.54) is 22.6 Å². The molecule has 1 aliphatic rings. The molecule has 1 N–H and O–H groups in total. The van der Waals surface area contributed by atoms with Crippen molar-refractivity contribution in [1.29, 1.82) is 0 Å². The topological polar surface area (TPSA) is 61.9 Å². The molecule has 0 saturated heterocycles. The highest BCUT2D eigenvalue weighted by molar-refractivity contribution is 6.06. The minimum atomic E-state index is -1.01. The van der Waals surface area contributed by atoms with Crippen LogP contribution in [-0.2, 0) is 16.0 Å². The number of benzene rings is 4. The van der Waals surface area contributed by atoms with Gasteiger partial charge in [-0.3, -0.25) is 14.5 Å². The van der Waals surface area contributed by atoms with Crippen LogP contribution >= 0.6 is 0 Å². The number of hydrogen-bond donors (Lipinski definition) is 1. The van der Waals surface area contributed by atoms with Gasteiger partial charge in [0.05, 0.1) is 7.11 Å². The van der Waals surface area contributed by atoms with Crippen molar-refractivity contribution in [2.24, 2.45) is 0 Å². The molecule has 0 saturated carbocycles. The third-order valence-electron chi connectivity index (χ3n) is 7.62. The summed E-state index contributed by atoms with van der Waals surface area (Å²) in [4.78, 5) is 32.0. The van der Waals surface area contributed by atoms with Gasteiger partial charge in [-0.1, -0.05) is 48.5 Å². The van der Waals surface area contributed by atoms with Gasteiger partial charge in [-0.15, -0.1) is 0 Å². The number of ether oxygens (including phenoxy) is 1. The number of methoxy groups -OCH3 is 1. The molecule has 6 nitrogen and oxygen atoms in total. The van der Waals surface area contributed by atoms with Gasteiger partial charge in [0.1, 0.15) is 17.6 Å². The number of carbonyl (C=O) groups excluding carboxylic acids is 2. The Morgan fingerprint density at radius 2 is 1.61 bits per heavy atom. The van der Waals surface area contributed by atoms with Crippen molar-refractivity contribution in [3.63, 3.8) is 0 Å². The maximum Gasteiger partial charge on any atom is 0.252 e. The van der Waals surface area contributed by atoms with Gasteiger partial charge in [0.25, 0.3) is 5.91 Å². The number of hydrogen-bond acceptors (Lipinski definition) is 4. The Morgan fingerprint density at radius 1 is 0.927 bits per heavy atom. The summed E-state index contributed by atoms with van der Waals surface area (Å²) >= 11 is 0. The zero-order valence-electron chi connectivity index (χ0n) is 23.6. The number of fused-ring (bicyclic) bond motifs is 1. The van der Waals surface area contributed by atoms with Gasteiger partial charge in [0.2, 0.25) is 5.91 Å². The van der Waals surface area contributed by atoms with Crippen molar-refractivity contribution in [2.45, 2.75) is 32.7 Å². The number of carbonyl (C=O) groups is 2. The van der Waals surface area contributed by atoms with Crippen LogP contribution in [0.5, 0.6) is 5.75 Å². The van der Waals surface area contributed by atoms with Crippen molar-refractivity contribution in [1.82, 2.24) is 0 Å². The minimum Gasteiger partial charge on any atom is -0.497 e. The van der Waals surface area contributed by atoms with Crippen molar-refractivity contribution >= 4 is 28.9 Å². The second kappa shape index (κ2) is 12.3. The molecule has 0 unspecified atom stereocenters. The minimum absolute atomic E-state index is 0.176. The van der Waals surface area contributed by atoms with Gasteiger partial charge >= 0.3 is 0 Å². The summed E-state index contributed by atoms with van der Waals surface area (Å²) in [6.45, 7) is 5.20. The monoisotopic (exact) mass is 551 g/mol. The molecule has 4 aromatic carbocycles. The average Bonchev–Trinajstić information content (AvgIpc) is 3.40. The lowest BCUT2D eigenvalue weighted by Crippen LogP contribution is -2.43. The normalized spacial score (nSPS) is 12.9. The van der Waals surface area contributed by atoms with Gasteiger partial charge in [0, 0.05) is 36.6 Å². The van der Waals surface area contributed by atoms with Crippen molar-refractivity contribution < 1.29 is 18.7 Å². The fraction of sp³-hybridized carbons (Fsp3) is 0.235. The van der Waals surface area contributed by atoms with Gasteiger partial charge in [-0.25, -0.2) is 4.39 Å². The molecular weight excluding hydrogens is 517 g/mol. The SMILES string of the molecule is COc1ccc([C@H](C(=O)Nc2c(C)cccc2C)N(C(=O)CCN2CCc3ccccc32)c2ccc(F)cc2)cc1. The van der Waals surface area contributed by atoms with E-state index in [4.69, 9.17) is 4.74 Å². The zero-order chi connectivity index (χ0) is 28.9. The summed E-state index contributed by atoms with van der Waals surface area (Å²) in [5, 5.41) is 3.08. The molecule has 0 bridgehead atoms. The average molecular weight is 552 g/mol. The summed E-state index contributed by atoms with van der Waals surface area (Å²) in [5.74, 6) is -0.388. The van der Waals surface area contributed by atoms with Crippen LogP contribution in [0, 0.1) is 19.7 Å². The highest BCUT2D eigenvalue weighted by atomic mass is 19.1. The largest absolute Gasteiger partial charge is 0.497 e. The number of rotatable bonds is 9. The predicted octanol–water partition coefficient (Wildman–Crippen LogP) is 6.62. The Labute approximate surface area is 240 Å². The molecule has 2 amide bonds. The molecule has 0 radical (unpaired) electrons. The molecule has 1 aliphatic heterocycles. The first-order chi connectivity index (χ1) is 19.9. The summed E-state index contributed by atoms with van der Waals surface area (Å²) in [7, 11) is 1.57. The molecule has 7 heteroatoms. The molecular formula is C34H34FN3O3. The second-order valence-electron chi connectivity index (χ2n) is 10.3. The number of para-hydroxylation sites is 2. The highest BCUT2D eigenvalue weighted by Crippen LogP contribution is 2.33. The number of aryl methyl sites for hydroxylation is 2. The van der Waals surface area contributed by atoms with E-state index in [0.29, 0.717) is 29.2 Å². The fourth-order valence-corrected chi connectivity index (χ4v) is 5.44. The Morgan fingerprint density at radius 3 is 2.29 bits per heavy atom. The zero-order valence-corrected chi connectivity index (χ0v) is 23.6. The van der Waals surface area contributed by atoms with Crippen molar-refractivity contribution in [3.05, 3.63) is 119 Å². The molecule has 0 aromatic heterocycles. The highest BCUT2D eigenvalue weighted by Gasteiger charge is 2.34. The quantitative estimate of drug-likeness (QED) is 0.254. The van der Waals surface area contributed by atoms with E-state index in [-0.39, 0.29) is 18.2 Å². The molecule has 41 heavy (non-hydrogen) atoms. The van der Waals surface area contributed by atoms with Crippen LogP contribution in [0.15, 0.2) is 91.0 Å². The summed E-state index contributed by atoms with van der Waals surface area (Å²) in [6.07, 6.45) is 1.10. The number of nitrogens with one attached hydrogen (secondary N) is 1. The lowest BCUT2D eigenvalue weighted by atomic mass is 10.0. The van der Waals surface area contributed by atoms with Gasteiger partial charge in [-0.05, 0) is 85.0 Å². The van der Waals surface area contributed by atoms with Crippen LogP contribution in [0.1, 0.15) is 34.7 Å². The van der Waals surface area contributed by atoms with E-state index in [0.717, 1.165) is 29.8 Å². The maximum atomic E-state index is 14.2. The molecule has 210 valence electrons. The smallest absolute Gasteiger partial charge is 0.252 e. The summed E-state index contributed by atoms with van der Waals surface area (Å²) in [6, 6.07) is 25.8. The van der Waals surface area contributed by atoms with E-state index in [1.807, 2.05) is 44.2 Å².